The highest BCUT2D eigenvalue weighted by Crippen LogP contribution is 2.25. The lowest BCUT2D eigenvalue weighted by atomic mass is 10.0. The first kappa shape index (κ1) is 23.2. The molecule has 1 fully saturated rings. The van der Waals surface area contributed by atoms with E-state index in [0.29, 0.717) is 6.54 Å². The molecule has 1 atom stereocenters. The molecule has 168 valence electrons. The summed E-state index contributed by atoms with van der Waals surface area (Å²) in [6.45, 7) is 4.52. The van der Waals surface area contributed by atoms with Crippen LogP contribution in [0.3, 0.4) is 0 Å². The van der Waals surface area contributed by atoms with E-state index in [1.165, 1.54) is 26.3 Å². The fourth-order valence-corrected chi connectivity index (χ4v) is 4.51. The van der Waals surface area contributed by atoms with Crippen molar-refractivity contribution in [2.45, 2.75) is 10.9 Å². The largest absolute Gasteiger partial charge is 0.495 e. The van der Waals surface area contributed by atoms with E-state index in [-0.39, 0.29) is 28.2 Å². The van der Waals surface area contributed by atoms with Gasteiger partial charge in [-0.15, -0.1) is 0 Å². The third-order valence-electron chi connectivity index (χ3n) is 5.53. The number of methoxy groups -OCH3 is 1. The quantitative estimate of drug-likeness (QED) is 0.636. The van der Waals surface area contributed by atoms with Gasteiger partial charge in [0.2, 0.25) is 10.0 Å². The van der Waals surface area contributed by atoms with Crippen molar-refractivity contribution in [3.8, 4) is 5.75 Å². The summed E-state index contributed by atoms with van der Waals surface area (Å²) < 4.78 is 32.1. The lowest BCUT2D eigenvalue weighted by Crippen LogP contribution is -2.47. The van der Waals surface area contributed by atoms with Crippen molar-refractivity contribution in [1.82, 2.24) is 19.8 Å². The van der Waals surface area contributed by atoms with Crippen molar-refractivity contribution >= 4 is 15.9 Å². The van der Waals surface area contributed by atoms with Gasteiger partial charge >= 0.3 is 0 Å². The molecule has 31 heavy (non-hydrogen) atoms. The topological polar surface area (TPSA) is 91.0 Å². The molecule has 1 heterocycles. The Morgan fingerprint density at radius 3 is 2.39 bits per heavy atom. The van der Waals surface area contributed by atoms with Crippen LogP contribution in [0, 0.1) is 0 Å². The minimum Gasteiger partial charge on any atom is -0.495 e. The molecular formula is C22H30N4O4S. The molecule has 1 aliphatic rings. The highest BCUT2D eigenvalue weighted by Gasteiger charge is 2.24. The van der Waals surface area contributed by atoms with Crippen LogP contribution in [0.5, 0.6) is 5.75 Å². The minimum absolute atomic E-state index is 0.0690. The van der Waals surface area contributed by atoms with E-state index >= 15 is 0 Å². The van der Waals surface area contributed by atoms with Gasteiger partial charge in [0.05, 0.1) is 13.2 Å². The van der Waals surface area contributed by atoms with Gasteiger partial charge in [-0.2, -0.15) is 0 Å². The van der Waals surface area contributed by atoms with Crippen LogP contribution in [0.4, 0.5) is 0 Å². The zero-order chi connectivity index (χ0) is 22.4. The molecule has 0 spiro atoms. The van der Waals surface area contributed by atoms with Gasteiger partial charge in [0.15, 0.2) is 0 Å². The number of nitrogens with one attached hydrogen (secondary N) is 2. The lowest BCUT2D eigenvalue weighted by molar-refractivity contribution is 0.0907. The molecule has 9 heteroatoms. The number of carbonyl (C=O) groups is 1. The van der Waals surface area contributed by atoms with E-state index in [9.17, 15) is 13.2 Å². The second-order valence-corrected chi connectivity index (χ2v) is 9.47. The predicted octanol–water partition coefficient (Wildman–Crippen LogP) is 1.32. The number of likely N-dealkylation sites (N-methyl/N-ethyl adjacent to an activating group) is 1. The summed E-state index contributed by atoms with van der Waals surface area (Å²) in [5.41, 5.74) is 1.26. The monoisotopic (exact) mass is 446 g/mol. The summed E-state index contributed by atoms with van der Waals surface area (Å²) in [7, 11) is 1.05. The van der Waals surface area contributed by atoms with Crippen LogP contribution in [0.1, 0.15) is 22.0 Å². The number of ether oxygens (including phenoxy) is 1. The summed E-state index contributed by atoms with van der Waals surface area (Å²) in [4.78, 5) is 17.6. The highest BCUT2D eigenvalue weighted by atomic mass is 32.2. The van der Waals surface area contributed by atoms with Crippen molar-refractivity contribution in [3.63, 3.8) is 0 Å². The standard InChI is InChI=1S/C22H30N4O4S/c1-23-31(28,29)21-15-18(9-10-20(21)30-3)22(27)24-19(17-7-5-4-6-8-17)16-26-13-11-25(2)12-14-26/h4-10,15,19,23H,11-14,16H2,1-3H3,(H,24,27). The Balaban J connectivity index is 1.84. The third kappa shape index (κ3) is 5.82. The average molecular weight is 447 g/mol. The molecule has 0 bridgehead atoms. The number of carbonyl (C=O) groups excluding carboxylic acids is 1. The van der Waals surface area contributed by atoms with E-state index < -0.39 is 10.0 Å². The number of hydrogen-bond acceptors (Lipinski definition) is 6. The van der Waals surface area contributed by atoms with Crippen LogP contribution in [-0.4, -0.2) is 78.1 Å². The van der Waals surface area contributed by atoms with E-state index in [4.69, 9.17) is 4.74 Å². The van der Waals surface area contributed by atoms with Gasteiger partial charge in [-0.1, -0.05) is 30.3 Å². The fourth-order valence-electron chi connectivity index (χ4n) is 3.59. The SMILES string of the molecule is CNS(=O)(=O)c1cc(C(=O)NC(CN2CCN(C)CC2)c2ccccc2)ccc1OC. The van der Waals surface area contributed by atoms with Crippen LogP contribution >= 0.6 is 0 Å². The molecule has 2 aromatic carbocycles. The van der Waals surface area contributed by atoms with E-state index in [1.54, 1.807) is 6.07 Å². The van der Waals surface area contributed by atoms with E-state index in [1.807, 2.05) is 30.3 Å². The summed E-state index contributed by atoms with van der Waals surface area (Å²) in [5.74, 6) is -0.152. The maximum absolute atomic E-state index is 13.1. The molecule has 1 amide bonds. The maximum atomic E-state index is 13.1. The minimum atomic E-state index is -3.77. The summed E-state index contributed by atoms with van der Waals surface area (Å²) in [5, 5.41) is 3.09. The number of rotatable bonds is 8. The Hall–Kier alpha value is -2.46. The first-order valence-electron chi connectivity index (χ1n) is 10.2. The van der Waals surface area contributed by atoms with Gasteiger partial charge in [-0.3, -0.25) is 9.69 Å². The Labute approximate surface area is 184 Å². The number of benzene rings is 2. The van der Waals surface area contributed by atoms with Crippen molar-refractivity contribution in [2.75, 3.05) is 53.9 Å². The smallest absolute Gasteiger partial charge is 0.251 e. The number of piperazine rings is 1. The van der Waals surface area contributed by atoms with Crippen LogP contribution in [0.2, 0.25) is 0 Å². The number of hydrogen-bond donors (Lipinski definition) is 2. The molecule has 1 aliphatic heterocycles. The zero-order valence-corrected chi connectivity index (χ0v) is 19.0. The van der Waals surface area contributed by atoms with E-state index in [2.05, 4.69) is 26.9 Å². The van der Waals surface area contributed by atoms with Crippen LogP contribution in [0.25, 0.3) is 0 Å². The first-order chi connectivity index (χ1) is 14.8. The van der Waals surface area contributed by atoms with Crippen LogP contribution in [-0.2, 0) is 10.0 Å². The van der Waals surface area contributed by atoms with E-state index in [0.717, 1.165) is 31.7 Å². The first-order valence-corrected chi connectivity index (χ1v) is 11.7. The molecule has 0 radical (unpaired) electrons. The number of amides is 1. The Kier molecular flexibility index (Phi) is 7.66. The van der Waals surface area contributed by atoms with Crippen molar-refractivity contribution < 1.29 is 17.9 Å². The average Bonchev–Trinajstić information content (AvgIpc) is 2.80. The van der Waals surface area contributed by atoms with Crippen molar-refractivity contribution in [3.05, 3.63) is 59.7 Å². The van der Waals surface area contributed by atoms with Gasteiger partial charge in [-0.25, -0.2) is 13.1 Å². The van der Waals surface area contributed by atoms with Gasteiger partial charge in [0.1, 0.15) is 10.6 Å². The summed E-state index contributed by atoms with van der Waals surface area (Å²) >= 11 is 0. The normalized spacial score (nSPS) is 16.6. The Bertz CT molecular complexity index is 990. The van der Waals surface area contributed by atoms with Crippen molar-refractivity contribution in [2.24, 2.45) is 0 Å². The molecule has 3 rings (SSSR count). The Morgan fingerprint density at radius 1 is 1.10 bits per heavy atom. The summed E-state index contributed by atoms with van der Waals surface area (Å²) in [6.07, 6.45) is 0. The molecule has 2 N–H and O–H groups in total. The molecule has 0 saturated carbocycles. The molecule has 2 aromatic rings. The molecule has 0 aromatic heterocycles. The molecule has 1 saturated heterocycles. The fraction of sp³-hybridized carbons (Fsp3) is 0.409. The number of nitrogens with zero attached hydrogens (tertiary/aromatic N) is 2. The predicted molar refractivity (Wildman–Crippen MR) is 120 cm³/mol. The second-order valence-electron chi connectivity index (χ2n) is 7.61. The summed E-state index contributed by atoms with van der Waals surface area (Å²) in [6, 6.07) is 14.0. The molecular weight excluding hydrogens is 416 g/mol. The van der Waals surface area contributed by atoms with Gasteiger partial charge in [0.25, 0.3) is 5.91 Å². The second kappa shape index (κ2) is 10.2. The highest BCUT2D eigenvalue weighted by molar-refractivity contribution is 7.89. The molecule has 8 nitrogen and oxygen atoms in total. The Morgan fingerprint density at radius 2 is 1.77 bits per heavy atom. The van der Waals surface area contributed by atoms with Gasteiger partial charge in [-0.05, 0) is 37.9 Å². The molecule has 0 aliphatic carbocycles. The number of sulfonamides is 1. The van der Waals surface area contributed by atoms with Crippen LogP contribution < -0.4 is 14.8 Å². The van der Waals surface area contributed by atoms with Gasteiger partial charge < -0.3 is 15.0 Å². The third-order valence-corrected chi connectivity index (χ3v) is 6.96. The van der Waals surface area contributed by atoms with Gasteiger partial charge in [0, 0.05) is 38.3 Å². The van der Waals surface area contributed by atoms with Crippen molar-refractivity contribution in [1.29, 1.82) is 0 Å². The van der Waals surface area contributed by atoms with Crippen LogP contribution in [0.15, 0.2) is 53.4 Å². The lowest BCUT2D eigenvalue weighted by Gasteiger charge is -2.35. The maximum Gasteiger partial charge on any atom is 0.251 e. The molecule has 1 unspecified atom stereocenters. The zero-order valence-electron chi connectivity index (χ0n) is 18.2.